The van der Waals surface area contributed by atoms with E-state index in [1.54, 1.807) is 39.7 Å². The van der Waals surface area contributed by atoms with Crippen LogP contribution in [-0.2, 0) is 4.79 Å². The molecule has 2 rings (SSSR count). The highest BCUT2D eigenvalue weighted by Gasteiger charge is 2.20. The Kier molecular flexibility index (Phi) is 6.26. The van der Waals surface area contributed by atoms with Gasteiger partial charge >= 0.3 is 0 Å². The van der Waals surface area contributed by atoms with Crippen molar-refractivity contribution in [3.63, 3.8) is 0 Å². The molecule has 1 N–H and O–H groups in total. The van der Waals surface area contributed by atoms with Gasteiger partial charge in [0.1, 0.15) is 0 Å². The van der Waals surface area contributed by atoms with E-state index in [2.05, 4.69) is 10.5 Å². The zero-order valence-electron chi connectivity index (χ0n) is 13.9. The molecular weight excluding hydrogens is 296 g/mol. The number of nitrogens with one attached hydrogen (secondary N) is 1. The first-order valence-electron chi connectivity index (χ1n) is 7.82. The van der Waals surface area contributed by atoms with E-state index in [9.17, 15) is 4.79 Å². The van der Waals surface area contributed by atoms with Crippen LogP contribution < -0.4 is 19.6 Å². The third-order valence-electron chi connectivity index (χ3n) is 4.05. The molecule has 0 radical (unpaired) electrons. The number of hydrogen-bond acceptors (Lipinski definition) is 5. The van der Waals surface area contributed by atoms with Crippen LogP contribution in [0.4, 0.5) is 0 Å². The minimum absolute atomic E-state index is 0.00612. The van der Waals surface area contributed by atoms with Crippen molar-refractivity contribution in [3.05, 3.63) is 17.7 Å². The van der Waals surface area contributed by atoms with Crippen LogP contribution in [0.25, 0.3) is 0 Å². The Balaban J connectivity index is 2.05. The third kappa shape index (κ3) is 4.37. The number of ether oxygens (including phenoxy) is 3. The van der Waals surface area contributed by atoms with Crippen molar-refractivity contribution < 1.29 is 19.0 Å². The van der Waals surface area contributed by atoms with E-state index in [1.807, 2.05) is 0 Å². The van der Waals surface area contributed by atoms with Gasteiger partial charge in [0.2, 0.25) is 11.7 Å². The van der Waals surface area contributed by atoms with E-state index in [-0.39, 0.29) is 11.8 Å². The molecular formula is C17H24N2O4. The Morgan fingerprint density at radius 3 is 2.22 bits per heavy atom. The number of carbonyl (C=O) groups excluding carboxylic acids is 1. The predicted molar refractivity (Wildman–Crippen MR) is 88.4 cm³/mol. The zero-order chi connectivity index (χ0) is 16.7. The summed E-state index contributed by atoms with van der Waals surface area (Å²) in [5.74, 6) is 1.70. The summed E-state index contributed by atoms with van der Waals surface area (Å²) in [5, 5.41) is 4.05. The highest BCUT2D eigenvalue weighted by atomic mass is 16.5. The fourth-order valence-corrected chi connectivity index (χ4v) is 2.80. The SMILES string of the molecule is COc1cc(C=NNC(=O)C2CCCCC2)cc(OC)c1OC. The van der Waals surface area contributed by atoms with Gasteiger partial charge in [0, 0.05) is 11.5 Å². The zero-order valence-corrected chi connectivity index (χ0v) is 13.9. The van der Waals surface area contributed by atoms with Crippen LogP contribution >= 0.6 is 0 Å². The Hall–Kier alpha value is -2.24. The molecule has 1 aliphatic rings. The van der Waals surface area contributed by atoms with Crippen LogP contribution in [0.2, 0.25) is 0 Å². The van der Waals surface area contributed by atoms with Crippen LogP contribution in [0.5, 0.6) is 17.2 Å². The maximum absolute atomic E-state index is 12.0. The van der Waals surface area contributed by atoms with Gasteiger partial charge in [0.15, 0.2) is 11.5 Å². The molecule has 1 saturated carbocycles. The van der Waals surface area contributed by atoms with E-state index < -0.39 is 0 Å². The van der Waals surface area contributed by atoms with Crippen molar-refractivity contribution in [1.29, 1.82) is 0 Å². The van der Waals surface area contributed by atoms with E-state index in [4.69, 9.17) is 14.2 Å². The topological polar surface area (TPSA) is 69.2 Å². The normalized spacial score (nSPS) is 15.4. The summed E-state index contributed by atoms with van der Waals surface area (Å²) in [6.07, 6.45) is 6.93. The van der Waals surface area contributed by atoms with Crippen molar-refractivity contribution in [2.45, 2.75) is 32.1 Å². The lowest BCUT2D eigenvalue weighted by Crippen LogP contribution is -2.28. The summed E-state index contributed by atoms with van der Waals surface area (Å²) < 4.78 is 15.8. The largest absolute Gasteiger partial charge is 0.493 e. The van der Waals surface area contributed by atoms with Crippen molar-refractivity contribution in [1.82, 2.24) is 5.43 Å². The van der Waals surface area contributed by atoms with Gasteiger partial charge in [-0.2, -0.15) is 5.10 Å². The molecule has 0 unspecified atom stereocenters. The Labute approximate surface area is 136 Å². The quantitative estimate of drug-likeness (QED) is 0.646. The number of methoxy groups -OCH3 is 3. The summed E-state index contributed by atoms with van der Waals surface area (Å²) in [6, 6.07) is 3.55. The number of hydrazone groups is 1. The summed E-state index contributed by atoms with van der Waals surface area (Å²) >= 11 is 0. The smallest absolute Gasteiger partial charge is 0.243 e. The lowest BCUT2D eigenvalue weighted by atomic mass is 9.89. The average molecular weight is 320 g/mol. The van der Waals surface area contributed by atoms with Crippen LogP contribution in [-0.4, -0.2) is 33.5 Å². The van der Waals surface area contributed by atoms with Gasteiger partial charge in [-0.25, -0.2) is 5.43 Å². The fourth-order valence-electron chi connectivity index (χ4n) is 2.80. The molecule has 1 aromatic rings. The predicted octanol–water partition coefficient (Wildman–Crippen LogP) is 2.74. The van der Waals surface area contributed by atoms with Crippen LogP contribution in [0.1, 0.15) is 37.7 Å². The lowest BCUT2D eigenvalue weighted by Gasteiger charge is -2.19. The van der Waals surface area contributed by atoms with Crippen molar-refractivity contribution in [2.75, 3.05) is 21.3 Å². The molecule has 0 bridgehead atoms. The maximum atomic E-state index is 12.0. The molecule has 0 heterocycles. The number of benzene rings is 1. The first-order valence-corrected chi connectivity index (χ1v) is 7.82. The van der Waals surface area contributed by atoms with Gasteiger partial charge in [0.05, 0.1) is 27.5 Å². The highest BCUT2D eigenvalue weighted by Crippen LogP contribution is 2.37. The standard InChI is InChI=1S/C17H24N2O4/c1-21-14-9-12(10-15(22-2)16(14)23-3)11-18-19-17(20)13-7-5-4-6-8-13/h9-11,13H,4-8H2,1-3H3,(H,19,20). The molecule has 0 saturated heterocycles. The van der Waals surface area contributed by atoms with E-state index in [0.29, 0.717) is 17.2 Å². The molecule has 23 heavy (non-hydrogen) atoms. The first-order chi connectivity index (χ1) is 11.2. The minimum Gasteiger partial charge on any atom is -0.493 e. The Morgan fingerprint density at radius 2 is 1.70 bits per heavy atom. The molecule has 1 fully saturated rings. The Morgan fingerprint density at radius 1 is 1.09 bits per heavy atom. The lowest BCUT2D eigenvalue weighted by molar-refractivity contribution is -0.125. The summed E-state index contributed by atoms with van der Waals surface area (Å²) in [5.41, 5.74) is 3.38. The molecule has 6 nitrogen and oxygen atoms in total. The van der Waals surface area contributed by atoms with Crippen molar-refractivity contribution in [3.8, 4) is 17.2 Å². The molecule has 0 aromatic heterocycles. The van der Waals surface area contributed by atoms with Gasteiger partial charge < -0.3 is 14.2 Å². The summed E-state index contributed by atoms with van der Waals surface area (Å²) in [4.78, 5) is 12.0. The van der Waals surface area contributed by atoms with Gasteiger partial charge in [-0.05, 0) is 25.0 Å². The molecule has 126 valence electrons. The number of carbonyl (C=O) groups is 1. The number of hydrogen-bond donors (Lipinski definition) is 1. The van der Waals surface area contributed by atoms with Gasteiger partial charge in [0.25, 0.3) is 0 Å². The molecule has 0 spiro atoms. The molecule has 1 aromatic carbocycles. The second kappa shape index (κ2) is 8.41. The van der Waals surface area contributed by atoms with Gasteiger partial charge in [-0.15, -0.1) is 0 Å². The summed E-state index contributed by atoms with van der Waals surface area (Å²) in [6.45, 7) is 0. The molecule has 0 aliphatic heterocycles. The molecule has 0 atom stereocenters. The second-order valence-electron chi connectivity index (χ2n) is 5.53. The Bertz CT molecular complexity index is 541. The first kappa shape index (κ1) is 17.1. The van der Waals surface area contributed by atoms with E-state index >= 15 is 0 Å². The monoisotopic (exact) mass is 320 g/mol. The van der Waals surface area contributed by atoms with Crippen molar-refractivity contribution >= 4 is 12.1 Å². The van der Waals surface area contributed by atoms with Crippen LogP contribution in [0.3, 0.4) is 0 Å². The van der Waals surface area contributed by atoms with Crippen LogP contribution in [0.15, 0.2) is 17.2 Å². The molecule has 1 amide bonds. The fraction of sp³-hybridized carbons (Fsp3) is 0.529. The number of rotatable bonds is 6. The van der Waals surface area contributed by atoms with Gasteiger partial charge in [-0.1, -0.05) is 19.3 Å². The summed E-state index contributed by atoms with van der Waals surface area (Å²) in [7, 11) is 4.67. The van der Waals surface area contributed by atoms with Gasteiger partial charge in [-0.3, -0.25) is 4.79 Å². The van der Waals surface area contributed by atoms with Crippen LogP contribution in [0, 0.1) is 5.92 Å². The number of nitrogens with zero attached hydrogens (tertiary/aromatic N) is 1. The molecule has 1 aliphatic carbocycles. The average Bonchev–Trinajstić information content (AvgIpc) is 2.61. The highest BCUT2D eigenvalue weighted by molar-refractivity contribution is 5.85. The minimum atomic E-state index is -0.00612. The maximum Gasteiger partial charge on any atom is 0.243 e. The van der Waals surface area contributed by atoms with E-state index in [0.717, 1.165) is 31.2 Å². The van der Waals surface area contributed by atoms with E-state index in [1.165, 1.54) is 6.42 Å². The molecule has 6 heteroatoms. The third-order valence-corrected chi connectivity index (χ3v) is 4.05. The number of amides is 1. The second-order valence-corrected chi connectivity index (χ2v) is 5.53. The van der Waals surface area contributed by atoms with Crippen molar-refractivity contribution in [2.24, 2.45) is 11.0 Å².